The van der Waals surface area contributed by atoms with E-state index in [1.807, 2.05) is 6.07 Å². The Morgan fingerprint density at radius 3 is 2.39 bits per heavy atom. The molecule has 1 aromatic carbocycles. The van der Waals surface area contributed by atoms with Crippen molar-refractivity contribution in [2.75, 3.05) is 0 Å². The first-order valence-electron chi connectivity index (χ1n) is 5.05. The number of ketones is 1. The molecule has 2 rings (SSSR count). The second-order valence-electron chi connectivity index (χ2n) is 3.58. The van der Waals surface area contributed by atoms with Crippen LogP contribution in [0, 0.1) is 11.3 Å². The van der Waals surface area contributed by atoms with Gasteiger partial charge in [0.2, 0.25) is 0 Å². The van der Waals surface area contributed by atoms with Crippen LogP contribution < -0.4 is 0 Å². The van der Waals surface area contributed by atoms with Crippen LogP contribution in [0.2, 0.25) is 10.0 Å². The van der Waals surface area contributed by atoms with Gasteiger partial charge in [0, 0.05) is 5.02 Å². The second kappa shape index (κ2) is 5.53. The molecular formula is C13H7Cl2NOS. The third-order valence-corrected chi connectivity index (χ3v) is 4.04. The highest BCUT2D eigenvalue weighted by atomic mass is 35.5. The summed E-state index contributed by atoms with van der Waals surface area (Å²) in [5, 5.41) is 11.8. The third kappa shape index (κ3) is 2.56. The van der Waals surface area contributed by atoms with Gasteiger partial charge in [-0.05, 0) is 29.1 Å². The summed E-state index contributed by atoms with van der Waals surface area (Å²) in [5.74, 6) is -1.13. The standard InChI is InChI=1S/C13H7Cl2NOS/c14-9-3-1-8(2-4-9)10(7-16)12(17)13-11(15)5-6-18-13/h1-6,10H. The lowest BCUT2D eigenvalue weighted by atomic mass is 9.95. The number of rotatable bonds is 3. The lowest BCUT2D eigenvalue weighted by Crippen LogP contribution is -2.10. The molecule has 0 aliphatic heterocycles. The fourth-order valence-corrected chi connectivity index (χ4v) is 2.79. The van der Waals surface area contributed by atoms with Crippen molar-refractivity contribution >= 4 is 40.3 Å². The lowest BCUT2D eigenvalue weighted by molar-refractivity contribution is 0.0983. The van der Waals surface area contributed by atoms with Crippen molar-refractivity contribution in [3.8, 4) is 6.07 Å². The molecule has 1 aromatic heterocycles. The van der Waals surface area contributed by atoms with Crippen LogP contribution >= 0.6 is 34.5 Å². The van der Waals surface area contributed by atoms with Crippen molar-refractivity contribution in [1.29, 1.82) is 5.26 Å². The molecule has 1 atom stereocenters. The maximum Gasteiger partial charge on any atom is 0.195 e. The van der Waals surface area contributed by atoms with Crippen molar-refractivity contribution in [3.05, 3.63) is 56.2 Å². The molecule has 0 aliphatic rings. The molecule has 0 saturated heterocycles. The van der Waals surface area contributed by atoms with E-state index in [2.05, 4.69) is 0 Å². The van der Waals surface area contributed by atoms with E-state index in [0.29, 0.717) is 20.5 Å². The van der Waals surface area contributed by atoms with Gasteiger partial charge in [0.25, 0.3) is 0 Å². The maximum absolute atomic E-state index is 12.2. The molecule has 18 heavy (non-hydrogen) atoms. The number of benzene rings is 1. The number of hydrogen-bond donors (Lipinski definition) is 0. The average Bonchev–Trinajstić information content (AvgIpc) is 2.78. The monoisotopic (exact) mass is 295 g/mol. The molecule has 90 valence electrons. The van der Waals surface area contributed by atoms with Gasteiger partial charge in [-0.25, -0.2) is 0 Å². The zero-order chi connectivity index (χ0) is 13.1. The molecule has 0 radical (unpaired) electrons. The molecule has 0 N–H and O–H groups in total. The van der Waals surface area contributed by atoms with E-state index in [0.717, 1.165) is 0 Å². The molecule has 1 heterocycles. The molecule has 2 aromatic rings. The van der Waals surface area contributed by atoms with Gasteiger partial charge in [-0.2, -0.15) is 5.26 Å². The summed E-state index contributed by atoms with van der Waals surface area (Å²) in [6.07, 6.45) is 0. The second-order valence-corrected chi connectivity index (χ2v) is 5.34. The number of nitrogens with zero attached hydrogens (tertiary/aromatic N) is 1. The number of Topliss-reactive ketones (excluding diaryl/α,β-unsaturated/α-hetero) is 1. The van der Waals surface area contributed by atoms with E-state index in [-0.39, 0.29) is 5.78 Å². The quantitative estimate of drug-likeness (QED) is 0.780. The Balaban J connectivity index is 2.36. The first kappa shape index (κ1) is 13.1. The summed E-state index contributed by atoms with van der Waals surface area (Å²) in [4.78, 5) is 12.6. The number of halogens is 2. The lowest BCUT2D eigenvalue weighted by Gasteiger charge is -2.07. The minimum Gasteiger partial charge on any atom is -0.291 e. The van der Waals surface area contributed by atoms with Gasteiger partial charge < -0.3 is 0 Å². The molecule has 0 saturated carbocycles. The highest BCUT2D eigenvalue weighted by Crippen LogP contribution is 2.29. The van der Waals surface area contributed by atoms with Crippen LogP contribution in [0.1, 0.15) is 21.2 Å². The molecule has 2 nitrogen and oxygen atoms in total. The van der Waals surface area contributed by atoms with E-state index in [1.54, 1.807) is 35.7 Å². The summed E-state index contributed by atoms with van der Waals surface area (Å²) >= 11 is 12.9. The summed E-state index contributed by atoms with van der Waals surface area (Å²) in [6, 6.07) is 10.3. The van der Waals surface area contributed by atoms with Crippen LogP contribution in [0.3, 0.4) is 0 Å². The first-order valence-corrected chi connectivity index (χ1v) is 6.69. The summed E-state index contributed by atoms with van der Waals surface area (Å²) in [6.45, 7) is 0. The summed E-state index contributed by atoms with van der Waals surface area (Å²) in [7, 11) is 0. The Morgan fingerprint density at radius 2 is 1.89 bits per heavy atom. The minimum atomic E-state index is -0.849. The Morgan fingerprint density at radius 1 is 1.22 bits per heavy atom. The summed E-state index contributed by atoms with van der Waals surface area (Å²) < 4.78 is 0. The van der Waals surface area contributed by atoms with Gasteiger partial charge in [0.05, 0.1) is 16.0 Å². The van der Waals surface area contributed by atoms with Crippen LogP contribution in [-0.4, -0.2) is 5.78 Å². The maximum atomic E-state index is 12.2. The number of hydrogen-bond acceptors (Lipinski definition) is 3. The normalized spacial score (nSPS) is 11.8. The van der Waals surface area contributed by atoms with Crippen molar-refractivity contribution in [1.82, 2.24) is 0 Å². The number of thiophene rings is 1. The predicted molar refractivity (Wildman–Crippen MR) is 73.5 cm³/mol. The molecule has 0 spiro atoms. The smallest absolute Gasteiger partial charge is 0.195 e. The number of nitriles is 1. The van der Waals surface area contributed by atoms with E-state index in [9.17, 15) is 4.79 Å². The van der Waals surface area contributed by atoms with E-state index in [1.165, 1.54) is 11.3 Å². The van der Waals surface area contributed by atoms with Gasteiger partial charge in [-0.1, -0.05) is 35.3 Å². The largest absolute Gasteiger partial charge is 0.291 e. The van der Waals surface area contributed by atoms with E-state index in [4.69, 9.17) is 28.5 Å². The number of carbonyl (C=O) groups excluding carboxylic acids is 1. The van der Waals surface area contributed by atoms with Crippen LogP contribution in [0.15, 0.2) is 35.7 Å². The van der Waals surface area contributed by atoms with Crippen LogP contribution in [-0.2, 0) is 0 Å². The van der Waals surface area contributed by atoms with Crippen LogP contribution in [0.25, 0.3) is 0 Å². The molecular weight excluding hydrogens is 289 g/mol. The van der Waals surface area contributed by atoms with Gasteiger partial charge in [-0.3, -0.25) is 4.79 Å². The number of carbonyl (C=O) groups is 1. The minimum absolute atomic E-state index is 0.278. The molecule has 5 heteroatoms. The molecule has 0 bridgehead atoms. The van der Waals surface area contributed by atoms with Crippen LogP contribution in [0.5, 0.6) is 0 Å². The Hall–Kier alpha value is -1.34. The van der Waals surface area contributed by atoms with Gasteiger partial charge in [-0.15, -0.1) is 11.3 Å². The Labute approximate surface area is 118 Å². The van der Waals surface area contributed by atoms with Crippen molar-refractivity contribution < 1.29 is 4.79 Å². The van der Waals surface area contributed by atoms with Crippen molar-refractivity contribution in [2.24, 2.45) is 0 Å². The Bertz CT molecular complexity index is 613. The first-order chi connectivity index (χ1) is 8.63. The highest BCUT2D eigenvalue weighted by Gasteiger charge is 2.24. The van der Waals surface area contributed by atoms with Gasteiger partial charge in [0.1, 0.15) is 5.92 Å². The molecule has 0 amide bonds. The zero-order valence-corrected chi connectivity index (χ0v) is 11.4. The fraction of sp³-hybridized carbons (Fsp3) is 0.0769. The van der Waals surface area contributed by atoms with Gasteiger partial charge in [0.15, 0.2) is 5.78 Å². The van der Waals surface area contributed by atoms with E-state index < -0.39 is 5.92 Å². The Kier molecular flexibility index (Phi) is 4.03. The highest BCUT2D eigenvalue weighted by molar-refractivity contribution is 7.12. The third-order valence-electron chi connectivity index (χ3n) is 2.44. The van der Waals surface area contributed by atoms with Crippen molar-refractivity contribution in [3.63, 3.8) is 0 Å². The van der Waals surface area contributed by atoms with Crippen LogP contribution in [0.4, 0.5) is 0 Å². The average molecular weight is 296 g/mol. The predicted octanol–water partition coefficient (Wildman–Crippen LogP) is 4.54. The van der Waals surface area contributed by atoms with Gasteiger partial charge >= 0.3 is 0 Å². The molecule has 1 unspecified atom stereocenters. The SMILES string of the molecule is N#CC(C(=O)c1sccc1Cl)c1ccc(Cl)cc1. The zero-order valence-electron chi connectivity index (χ0n) is 9.06. The molecule has 0 fully saturated rings. The topological polar surface area (TPSA) is 40.9 Å². The summed E-state index contributed by atoms with van der Waals surface area (Å²) in [5.41, 5.74) is 0.622. The molecule has 0 aliphatic carbocycles. The fourth-order valence-electron chi connectivity index (χ4n) is 1.54. The van der Waals surface area contributed by atoms with E-state index >= 15 is 0 Å². The van der Waals surface area contributed by atoms with Crippen molar-refractivity contribution in [2.45, 2.75) is 5.92 Å².